The van der Waals surface area contributed by atoms with E-state index in [0.717, 1.165) is 12.5 Å². The Labute approximate surface area is 90.4 Å². The molecule has 16 heavy (non-hydrogen) atoms. The minimum Gasteiger partial charge on any atom is -0.445 e. The van der Waals surface area contributed by atoms with Gasteiger partial charge in [0, 0.05) is 11.6 Å². The van der Waals surface area contributed by atoms with Crippen molar-refractivity contribution in [3.8, 4) is 0 Å². The van der Waals surface area contributed by atoms with Crippen LogP contribution in [0.25, 0.3) is 0 Å². The predicted molar refractivity (Wildman–Crippen MR) is 51.7 cm³/mol. The van der Waals surface area contributed by atoms with Crippen LogP contribution >= 0.6 is 0 Å². The highest BCUT2D eigenvalue weighted by molar-refractivity contribution is 5.27. The van der Waals surface area contributed by atoms with E-state index in [2.05, 4.69) is 4.98 Å². The van der Waals surface area contributed by atoms with Gasteiger partial charge in [0.15, 0.2) is 12.2 Å². The summed E-state index contributed by atoms with van der Waals surface area (Å²) in [5.74, 6) is -1.35. The van der Waals surface area contributed by atoms with Crippen molar-refractivity contribution in [2.24, 2.45) is 0 Å². The molecule has 0 fully saturated rings. The zero-order valence-electron chi connectivity index (χ0n) is 8.45. The molecule has 0 bridgehead atoms. The summed E-state index contributed by atoms with van der Waals surface area (Å²) in [5.41, 5.74) is 0.428. The number of aliphatic hydroxyl groups excluding tert-OH is 1. The molecule has 2 rings (SSSR count). The Morgan fingerprint density at radius 2 is 2.12 bits per heavy atom. The summed E-state index contributed by atoms with van der Waals surface area (Å²) in [6, 6.07) is 2.97. The van der Waals surface area contributed by atoms with E-state index in [-0.39, 0.29) is 11.3 Å². The first-order chi connectivity index (χ1) is 7.59. The molecule has 0 aliphatic heterocycles. The summed E-state index contributed by atoms with van der Waals surface area (Å²) in [7, 11) is 0. The van der Waals surface area contributed by atoms with Crippen molar-refractivity contribution in [1.29, 1.82) is 0 Å². The predicted octanol–water partition coefficient (Wildman–Crippen LogP) is 2.34. The molecule has 2 aromatic rings. The highest BCUT2D eigenvalue weighted by atomic mass is 19.1. The second-order valence-corrected chi connectivity index (χ2v) is 3.37. The van der Waals surface area contributed by atoms with Crippen molar-refractivity contribution in [2.45, 2.75) is 13.0 Å². The number of halogens is 2. The minimum atomic E-state index is -1.27. The van der Waals surface area contributed by atoms with Crippen LogP contribution in [0.4, 0.5) is 8.78 Å². The lowest BCUT2D eigenvalue weighted by Gasteiger charge is -2.09. The van der Waals surface area contributed by atoms with E-state index in [1.165, 1.54) is 6.07 Å². The Morgan fingerprint density at radius 3 is 2.69 bits per heavy atom. The average Bonchev–Trinajstić information content (AvgIpc) is 2.63. The van der Waals surface area contributed by atoms with Crippen LogP contribution < -0.4 is 0 Å². The van der Waals surface area contributed by atoms with E-state index >= 15 is 0 Å². The standard InChI is InChI=1S/C11H9F2NO2/c1-6-11(16-5-14-6)10(15)8-3-2-7(12)4-9(8)13/h2-5,10,15H,1H3. The van der Waals surface area contributed by atoms with Crippen LogP contribution in [0.3, 0.4) is 0 Å². The van der Waals surface area contributed by atoms with Crippen molar-refractivity contribution < 1.29 is 18.3 Å². The molecule has 0 saturated carbocycles. The molecule has 0 saturated heterocycles. The second-order valence-electron chi connectivity index (χ2n) is 3.37. The Kier molecular flexibility index (Phi) is 2.70. The molecule has 5 heteroatoms. The van der Waals surface area contributed by atoms with Crippen LogP contribution in [0, 0.1) is 18.6 Å². The van der Waals surface area contributed by atoms with Gasteiger partial charge < -0.3 is 9.52 Å². The zero-order valence-corrected chi connectivity index (χ0v) is 8.45. The average molecular weight is 225 g/mol. The van der Waals surface area contributed by atoms with E-state index in [1.807, 2.05) is 0 Å². The lowest BCUT2D eigenvalue weighted by atomic mass is 10.1. The molecule has 1 aromatic heterocycles. The Balaban J connectivity index is 2.41. The van der Waals surface area contributed by atoms with Crippen LogP contribution in [-0.2, 0) is 0 Å². The number of rotatable bonds is 2. The molecule has 0 aliphatic rings. The van der Waals surface area contributed by atoms with Crippen LogP contribution in [0.2, 0.25) is 0 Å². The van der Waals surface area contributed by atoms with Gasteiger partial charge in [-0.2, -0.15) is 0 Å². The fraction of sp³-hybridized carbons (Fsp3) is 0.182. The molecular weight excluding hydrogens is 216 g/mol. The topological polar surface area (TPSA) is 46.3 Å². The number of oxazole rings is 1. The largest absolute Gasteiger partial charge is 0.445 e. The fourth-order valence-electron chi connectivity index (χ4n) is 1.44. The van der Waals surface area contributed by atoms with E-state index in [9.17, 15) is 13.9 Å². The fourth-order valence-corrected chi connectivity index (χ4v) is 1.44. The molecule has 1 N–H and O–H groups in total. The van der Waals surface area contributed by atoms with Gasteiger partial charge in [-0.1, -0.05) is 6.07 Å². The zero-order chi connectivity index (χ0) is 11.7. The first kappa shape index (κ1) is 10.8. The van der Waals surface area contributed by atoms with Crippen LogP contribution in [0.1, 0.15) is 23.1 Å². The van der Waals surface area contributed by atoms with Crippen molar-refractivity contribution in [1.82, 2.24) is 4.98 Å². The maximum absolute atomic E-state index is 13.4. The number of hydrogen-bond acceptors (Lipinski definition) is 3. The Morgan fingerprint density at radius 1 is 1.38 bits per heavy atom. The van der Waals surface area contributed by atoms with Crippen LogP contribution in [-0.4, -0.2) is 10.1 Å². The summed E-state index contributed by atoms with van der Waals surface area (Å²) in [6.45, 7) is 1.63. The molecule has 3 nitrogen and oxygen atoms in total. The van der Waals surface area contributed by atoms with Crippen molar-refractivity contribution in [3.05, 3.63) is 53.2 Å². The number of nitrogens with zero attached hydrogens (tertiary/aromatic N) is 1. The Bertz CT molecular complexity index is 510. The number of aliphatic hydroxyl groups is 1. The molecule has 1 unspecified atom stereocenters. The van der Waals surface area contributed by atoms with E-state index in [4.69, 9.17) is 4.42 Å². The van der Waals surface area contributed by atoms with Gasteiger partial charge in [0.2, 0.25) is 0 Å². The highest BCUT2D eigenvalue weighted by Crippen LogP contribution is 2.26. The van der Waals surface area contributed by atoms with Crippen LogP contribution in [0.5, 0.6) is 0 Å². The normalized spacial score (nSPS) is 12.8. The lowest BCUT2D eigenvalue weighted by molar-refractivity contribution is 0.183. The van der Waals surface area contributed by atoms with Gasteiger partial charge in [-0.05, 0) is 13.0 Å². The number of hydrogen-bond donors (Lipinski definition) is 1. The molecule has 0 spiro atoms. The van der Waals surface area contributed by atoms with Gasteiger partial charge in [-0.15, -0.1) is 0 Å². The van der Waals surface area contributed by atoms with Gasteiger partial charge in [0.1, 0.15) is 17.7 Å². The molecule has 0 amide bonds. The van der Waals surface area contributed by atoms with Crippen molar-refractivity contribution >= 4 is 0 Å². The molecule has 1 atom stereocenters. The third-order valence-corrected chi connectivity index (χ3v) is 2.29. The van der Waals surface area contributed by atoms with Gasteiger partial charge in [0.05, 0.1) is 5.69 Å². The quantitative estimate of drug-likeness (QED) is 0.853. The SMILES string of the molecule is Cc1ncoc1C(O)c1ccc(F)cc1F. The molecular formula is C11H9F2NO2. The summed E-state index contributed by atoms with van der Waals surface area (Å²) in [5, 5.41) is 9.84. The summed E-state index contributed by atoms with van der Waals surface area (Å²) < 4.78 is 31.0. The number of benzene rings is 1. The molecule has 1 aromatic carbocycles. The van der Waals surface area contributed by atoms with Crippen molar-refractivity contribution in [3.63, 3.8) is 0 Å². The van der Waals surface area contributed by atoms with E-state index in [0.29, 0.717) is 11.8 Å². The molecule has 84 valence electrons. The van der Waals surface area contributed by atoms with Gasteiger partial charge in [0.25, 0.3) is 0 Å². The molecule has 0 radical (unpaired) electrons. The monoisotopic (exact) mass is 225 g/mol. The van der Waals surface area contributed by atoms with Crippen LogP contribution in [0.15, 0.2) is 29.0 Å². The van der Waals surface area contributed by atoms with E-state index < -0.39 is 17.7 Å². The third kappa shape index (κ3) is 1.81. The summed E-state index contributed by atoms with van der Waals surface area (Å²) in [4.78, 5) is 3.79. The first-order valence-electron chi connectivity index (χ1n) is 4.62. The molecule has 0 aliphatic carbocycles. The number of aryl methyl sites for hydroxylation is 1. The van der Waals surface area contributed by atoms with Gasteiger partial charge >= 0.3 is 0 Å². The first-order valence-corrected chi connectivity index (χ1v) is 4.62. The summed E-state index contributed by atoms with van der Waals surface area (Å²) >= 11 is 0. The second kappa shape index (κ2) is 4.02. The molecule has 1 heterocycles. The van der Waals surface area contributed by atoms with Gasteiger partial charge in [-0.3, -0.25) is 0 Å². The van der Waals surface area contributed by atoms with E-state index in [1.54, 1.807) is 6.92 Å². The minimum absolute atomic E-state index is 0.0405. The summed E-state index contributed by atoms with van der Waals surface area (Å²) in [6.07, 6.45) is -0.113. The third-order valence-electron chi connectivity index (χ3n) is 2.29. The van der Waals surface area contributed by atoms with Gasteiger partial charge in [-0.25, -0.2) is 13.8 Å². The maximum atomic E-state index is 13.4. The maximum Gasteiger partial charge on any atom is 0.181 e. The number of aromatic nitrogens is 1. The van der Waals surface area contributed by atoms with Crippen molar-refractivity contribution in [2.75, 3.05) is 0 Å². The Hall–Kier alpha value is -1.75. The lowest BCUT2D eigenvalue weighted by Crippen LogP contribution is -2.03. The highest BCUT2D eigenvalue weighted by Gasteiger charge is 2.20. The smallest absolute Gasteiger partial charge is 0.181 e.